The number of hydrogen-bond acceptors (Lipinski definition) is 2. The zero-order valence-electron chi connectivity index (χ0n) is 13.4. The number of imidazole rings is 1. The Bertz CT molecular complexity index is 603. The number of nitrogens with zero attached hydrogens (tertiary/aromatic N) is 4. The van der Waals surface area contributed by atoms with Crippen LogP contribution in [-0.4, -0.2) is 25.2 Å². The molecule has 0 fully saturated rings. The molecule has 0 aliphatic rings. The highest BCUT2D eigenvalue weighted by Gasteiger charge is 2.28. The third-order valence-electron chi connectivity index (χ3n) is 4.08. The summed E-state index contributed by atoms with van der Waals surface area (Å²) in [4.78, 5) is 4.80. The van der Waals surface area contributed by atoms with Crippen molar-refractivity contribution in [3.63, 3.8) is 0 Å². The van der Waals surface area contributed by atoms with Crippen molar-refractivity contribution in [2.75, 3.05) is 5.88 Å². The van der Waals surface area contributed by atoms with Gasteiger partial charge in [0.05, 0.1) is 5.69 Å². The van der Waals surface area contributed by atoms with Gasteiger partial charge < -0.3 is 4.57 Å². The molecule has 1 unspecified atom stereocenters. The summed E-state index contributed by atoms with van der Waals surface area (Å²) in [5.41, 5.74) is 3.30. The van der Waals surface area contributed by atoms with Crippen LogP contribution in [0.3, 0.4) is 0 Å². The first-order valence-corrected chi connectivity index (χ1v) is 7.84. The predicted molar refractivity (Wildman–Crippen MR) is 84.5 cm³/mol. The van der Waals surface area contributed by atoms with Gasteiger partial charge >= 0.3 is 0 Å². The van der Waals surface area contributed by atoms with Crippen molar-refractivity contribution >= 4 is 22.8 Å². The SMILES string of the molecule is CCn1nc(C)c2nc(CCCl)n(C(C)C(C)(C)C)c21. The van der Waals surface area contributed by atoms with Crippen LogP contribution in [0.4, 0.5) is 0 Å². The molecular weight excluding hydrogens is 272 g/mol. The molecule has 0 spiro atoms. The molecule has 0 aliphatic carbocycles. The lowest BCUT2D eigenvalue weighted by molar-refractivity contribution is 0.260. The lowest BCUT2D eigenvalue weighted by Crippen LogP contribution is -2.24. The summed E-state index contributed by atoms with van der Waals surface area (Å²) in [6.45, 7) is 14.0. The number of alkyl halides is 1. The van der Waals surface area contributed by atoms with Crippen LogP contribution < -0.4 is 0 Å². The number of halogens is 1. The molecular formula is C15H25ClN4. The fourth-order valence-corrected chi connectivity index (χ4v) is 2.68. The van der Waals surface area contributed by atoms with Crippen LogP contribution in [0.1, 0.15) is 52.2 Å². The van der Waals surface area contributed by atoms with E-state index in [0.29, 0.717) is 11.9 Å². The van der Waals surface area contributed by atoms with Crippen LogP contribution in [-0.2, 0) is 13.0 Å². The Hall–Kier alpha value is -1.03. The molecule has 20 heavy (non-hydrogen) atoms. The van der Waals surface area contributed by atoms with Crippen molar-refractivity contribution in [3.05, 3.63) is 11.5 Å². The summed E-state index contributed by atoms with van der Waals surface area (Å²) >= 11 is 5.96. The van der Waals surface area contributed by atoms with Gasteiger partial charge in [-0.1, -0.05) is 20.8 Å². The molecule has 0 amide bonds. The van der Waals surface area contributed by atoms with E-state index in [0.717, 1.165) is 35.6 Å². The molecule has 0 radical (unpaired) electrons. The normalized spacial score (nSPS) is 14.2. The summed E-state index contributed by atoms with van der Waals surface area (Å²) < 4.78 is 4.39. The van der Waals surface area contributed by atoms with E-state index in [1.54, 1.807) is 0 Å². The van der Waals surface area contributed by atoms with E-state index in [1.165, 1.54) is 0 Å². The molecule has 112 valence electrons. The van der Waals surface area contributed by atoms with Crippen LogP contribution in [0.15, 0.2) is 0 Å². The fraction of sp³-hybridized carbons (Fsp3) is 0.733. The van der Waals surface area contributed by atoms with Gasteiger partial charge in [0.15, 0.2) is 5.65 Å². The second kappa shape index (κ2) is 5.40. The van der Waals surface area contributed by atoms with Crippen molar-refractivity contribution in [2.45, 2.75) is 60.5 Å². The first-order valence-electron chi connectivity index (χ1n) is 7.31. The van der Waals surface area contributed by atoms with Gasteiger partial charge in [0.1, 0.15) is 11.3 Å². The second-order valence-electron chi connectivity index (χ2n) is 6.45. The minimum absolute atomic E-state index is 0.158. The Morgan fingerprint density at radius 1 is 1.30 bits per heavy atom. The van der Waals surface area contributed by atoms with Gasteiger partial charge in [-0.3, -0.25) is 0 Å². The lowest BCUT2D eigenvalue weighted by atomic mass is 9.87. The van der Waals surface area contributed by atoms with E-state index in [4.69, 9.17) is 16.6 Å². The average Bonchev–Trinajstić information content (AvgIpc) is 2.86. The first-order chi connectivity index (χ1) is 9.31. The third kappa shape index (κ3) is 2.46. The Morgan fingerprint density at radius 2 is 1.95 bits per heavy atom. The van der Waals surface area contributed by atoms with Crippen LogP contribution in [0, 0.1) is 12.3 Å². The summed E-state index contributed by atoms with van der Waals surface area (Å²) in [5.74, 6) is 1.66. The highest BCUT2D eigenvalue weighted by Crippen LogP contribution is 2.34. The molecule has 2 heterocycles. The molecule has 0 aliphatic heterocycles. The van der Waals surface area contributed by atoms with Gasteiger partial charge in [0.2, 0.25) is 0 Å². The minimum atomic E-state index is 0.158. The first kappa shape index (κ1) is 15.4. The van der Waals surface area contributed by atoms with Gasteiger partial charge in [-0.2, -0.15) is 5.10 Å². The topological polar surface area (TPSA) is 35.6 Å². The van der Waals surface area contributed by atoms with Gasteiger partial charge in [-0.15, -0.1) is 11.6 Å². The summed E-state index contributed by atoms with van der Waals surface area (Å²) in [6.07, 6.45) is 0.791. The Labute approximate surface area is 126 Å². The Balaban J connectivity index is 2.73. The number of rotatable bonds is 4. The van der Waals surface area contributed by atoms with E-state index >= 15 is 0 Å². The highest BCUT2D eigenvalue weighted by atomic mass is 35.5. The molecule has 2 aromatic heterocycles. The van der Waals surface area contributed by atoms with E-state index < -0.39 is 0 Å². The standard InChI is InChI=1S/C15H25ClN4/c1-7-19-14-13(10(2)18-19)17-12(8-9-16)20(14)11(3)15(4,5)6/h11H,7-9H2,1-6H3. The summed E-state index contributed by atoms with van der Waals surface area (Å²) in [5, 5.41) is 4.59. The maximum Gasteiger partial charge on any atom is 0.159 e. The molecule has 0 N–H and O–H groups in total. The smallest absolute Gasteiger partial charge is 0.159 e. The maximum atomic E-state index is 5.96. The Morgan fingerprint density at radius 3 is 2.45 bits per heavy atom. The van der Waals surface area contributed by atoms with Crippen LogP contribution in [0.25, 0.3) is 11.2 Å². The summed E-state index contributed by atoms with van der Waals surface area (Å²) in [6, 6.07) is 0.340. The maximum absolute atomic E-state index is 5.96. The second-order valence-corrected chi connectivity index (χ2v) is 6.83. The molecule has 0 saturated carbocycles. The van der Waals surface area contributed by atoms with Crippen molar-refractivity contribution in [1.82, 2.24) is 19.3 Å². The van der Waals surface area contributed by atoms with Crippen molar-refractivity contribution < 1.29 is 0 Å². The van der Waals surface area contributed by atoms with E-state index in [2.05, 4.69) is 49.0 Å². The largest absolute Gasteiger partial charge is 0.309 e. The van der Waals surface area contributed by atoms with Crippen molar-refractivity contribution in [3.8, 4) is 0 Å². The molecule has 0 aromatic carbocycles. The molecule has 4 nitrogen and oxygen atoms in total. The molecule has 0 bridgehead atoms. The quantitative estimate of drug-likeness (QED) is 0.801. The zero-order chi connectivity index (χ0) is 15.1. The molecule has 1 atom stereocenters. The number of aromatic nitrogens is 4. The number of hydrogen-bond donors (Lipinski definition) is 0. The zero-order valence-corrected chi connectivity index (χ0v) is 14.1. The van der Waals surface area contributed by atoms with Gasteiger partial charge in [0.25, 0.3) is 0 Å². The third-order valence-corrected chi connectivity index (χ3v) is 4.26. The van der Waals surface area contributed by atoms with Gasteiger partial charge in [-0.25, -0.2) is 9.67 Å². The predicted octanol–water partition coefficient (Wildman–Crippen LogP) is 3.95. The van der Waals surface area contributed by atoms with Crippen LogP contribution in [0.5, 0.6) is 0 Å². The highest BCUT2D eigenvalue weighted by molar-refractivity contribution is 6.17. The van der Waals surface area contributed by atoms with E-state index in [1.807, 2.05) is 6.92 Å². The van der Waals surface area contributed by atoms with Crippen LogP contribution in [0.2, 0.25) is 0 Å². The van der Waals surface area contributed by atoms with E-state index in [-0.39, 0.29) is 5.41 Å². The minimum Gasteiger partial charge on any atom is -0.309 e. The monoisotopic (exact) mass is 296 g/mol. The van der Waals surface area contributed by atoms with Crippen LogP contribution >= 0.6 is 11.6 Å². The summed E-state index contributed by atoms with van der Waals surface area (Å²) in [7, 11) is 0. The number of aryl methyl sites for hydroxylation is 3. The average molecular weight is 297 g/mol. The molecule has 0 saturated heterocycles. The fourth-order valence-electron chi connectivity index (χ4n) is 2.51. The van der Waals surface area contributed by atoms with Crippen molar-refractivity contribution in [2.24, 2.45) is 5.41 Å². The number of fused-ring (bicyclic) bond motifs is 1. The van der Waals surface area contributed by atoms with Crippen molar-refractivity contribution in [1.29, 1.82) is 0 Å². The molecule has 5 heteroatoms. The van der Waals surface area contributed by atoms with Gasteiger partial charge in [-0.05, 0) is 26.2 Å². The lowest BCUT2D eigenvalue weighted by Gasteiger charge is -2.30. The van der Waals surface area contributed by atoms with Gasteiger partial charge in [0, 0.05) is 24.9 Å². The molecule has 2 aromatic rings. The van der Waals surface area contributed by atoms with E-state index in [9.17, 15) is 0 Å². The Kier molecular flexibility index (Phi) is 4.14. The molecule has 2 rings (SSSR count).